The minimum Gasteiger partial charge on any atom is -0.299 e. The Morgan fingerprint density at radius 3 is 2.31 bits per heavy atom. The number of carbonyl (C=O) groups is 2. The fourth-order valence-electron chi connectivity index (χ4n) is 1.19. The number of carbonyl (C=O) groups excluding carboxylic acids is 2. The highest BCUT2D eigenvalue weighted by molar-refractivity contribution is 6.36. The predicted molar refractivity (Wildman–Crippen MR) is 62.1 cm³/mol. The maximum absolute atomic E-state index is 11.5. The lowest BCUT2D eigenvalue weighted by molar-refractivity contribution is -0.127. The Morgan fingerprint density at radius 2 is 1.81 bits per heavy atom. The van der Waals surface area contributed by atoms with Crippen LogP contribution in [0.25, 0.3) is 0 Å². The standard InChI is InChI=1S/C10H10Cl2N2O2/c11-8-2-1-3-9(12)7(8)4-6(15)5-10(16)14-13/h1-3H,4-5,13H2,(H,14,16). The molecule has 0 aliphatic carbocycles. The molecule has 0 radical (unpaired) electrons. The molecule has 0 spiro atoms. The quantitative estimate of drug-likeness (QED) is 0.373. The first kappa shape index (κ1) is 13.0. The molecule has 0 atom stereocenters. The third kappa shape index (κ3) is 3.48. The maximum atomic E-state index is 11.5. The number of nitrogens with one attached hydrogen (secondary N) is 1. The van der Waals surface area contributed by atoms with Gasteiger partial charge >= 0.3 is 0 Å². The van der Waals surface area contributed by atoms with Gasteiger partial charge in [0, 0.05) is 16.5 Å². The summed E-state index contributed by atoms with van der Waals surface area (Å²) in [6, 6.07) is 4.96. The molecule has 16 heavy (non-hydrogen) atoms. The molecule has 0 aliphatic rings. The van der Waals surface area contributed by atoms with E-state index in [-0.39, 0.29) is 18.6 Å². The molecule has 3 N–H and O–H groups in total. The molecule has 1 aromatic rings. The lowest BCUT2D eigenvalue weighted by Gasteiger charge is -2.05. The van der Waals surface area contributed by atoms with Crippen LogP contribution in [0.1, 0.15) is 12.0 Å². The molecule has 86 valence electrons. The topological polar surface area (TPSA) is 72.2 Å². The van der Waals surface area contributed by atoms with E-state index in [1.807, 2.05) is 5.43 Å². The van der Waals surface area contributed by atoms with Crippen LogP contribution >= 0.6 is 23.2 Å². The van der Waals surface area contributed by atoms with Crippen LogP contribution in [0.2, 0.25) is 10.0 Å². The summed E-state index contributed by atoms with van der Waals surface area (Å²) in [4.78, 5) is 22.3. The van der Waals surface area contributed by atoms with Gasteiger partial charge in [0.2, 0.25) is 5.91 Å². The molecule has 6 heteroatoms. The Balaban J connectivity index is 2.73. The van der Waals surface area contributed by atoms with Crippen LogP contribution in [-0.2, 0) is 16.0 Å². The normalized spacial score (nSPS) is 9.94. The third-order valence-corrected chi connectivity index (χ3v) is 2.66. The van der Waals surface area contributed by atoms with Crippen molar-refractivity contribution in [1.29, 1.82) is 0 Å². The number of rotatable bonds is 4. The molecule has 0 bridgehead atoms. The summed E-state index contributed by atoms with van der Waals surface area (Å²) in [5, 5.41) is 0.822. The van der Waals surface area contributed by atoms with Crippen molar-refractivity contribution in [2.75, 3.05) is 0 Å². The minimum absolute atomic E-state index is 0.0198. The number of hydrazine groups is 1. The van der Waals surface area contributed by atoms with E-state index < -0.39 is 5.91 Å². The molecule has 0 aromatic heterocycles. The average molecular weight is 261 g/mol. The summed E-state index contributed by atoms with van der Waals surface area (Å²) in [7, 11) is 0. The molecule has 0 saturated heterocycles. The lowest BCUT2D eigenvalue weighted by atomic mass is 10.1. The van der Waals surface area contributed by atoms with Crippen molar-refractivity contribution in [3.8, 4) is 0 Å². The van der Waals surface area contributed by atoms with Gasteiger partial charge in [-0.25, -0.2) is 5.84 Å². The molecule has 0 saturated carbocycles. The van der Waals surface area contributed by atoms with Gasteiger partial charge in [-0.05, 0) is 17.7 Å². The van der Waals surface area contributed by atoms with Gasteiger partial charge in [-0.3, -0.25) is 15.0 Å². The zero-order chi connectivity index (χ0) is 12.1. The number of hydrogen-bond donors (Lipinski definition) is 2. The SMILES string of the molecule is NNC(=O)CC(=O)Cc1c(Cl)cccc1Cl. The van der Waals surface area contributed by atoms with E-state index in [1.165, 1.54) is 0 Å². The zero-order valence-corrected chi connectivity index (χ0v) is 9.81. The summed E-state index contributed by atoms with van der Waals surface area (Å²) >= 11 is 11.8. The Labute approximate surface area is 103 Å². The first-order chi connectivity index (χ1) is 7.54. The van der Waals surface area contributed by atoms with E-state index in [4.69, 9.17) is 29.0 Å². The van der Waals surface area contributed by atoms with Crippen LogP contribution in [0.15, 0.2) is 18.2 Å². The Morgan fingerprint density at radius 1 is 1.25 bits per heavy atom. The fraction of sp³-hybridized carbons (Fsp3) is 0.200. The van der Waals surface area contributed by atoms with E-state index in [0.29, 0.717) is 15.6 Å². The molecule has 1 aromatic carbocycles. The molecular formula is C10H10Cl2N2O2. The van der Waals surface area contributed by atoms with Crippen LogP contribution in [0.3, 0.4) is 0 Å². The maximum Gasteiger partial charge on any atom is 0.241 e. The van der Waals surface area contributed by atoms with Crippen molar-refractivity contribution in [1.82, 2.24) is 5.43 Å². The van der Waals surface area contributed by atoms with E-state index in [1.54, 1.807) is 18.2 Å². The second-order valence-corrected chi connectivity index (χ2v) is 3.97. The minimum atomic E-state index is -0.534. The van der Waals surface area contributed by atoms with Crippen molar-refractivity contribution in [3.05, 3.63) is 33.8 Å². The molecule has 0 aliphatic heterocycles. The summed E-state index contributed by atoms with van der Waals surface area (Å²) < 4.78 is 0. The average Bonchev–Trinajstić information content (AvgIpc) is 2.23. The Kier molecular flexibility index (Phi) is 4.73. The second-order valence-electron chi connectivity index (χ2n) is 3.16. The van der Waals surface area contributed by atoms with E-state index in [2.05, 4.69) is 0 Å². The first-order valence-electron chi connectivity index (χ1n) is 4.48. The van der Waals surface area contributed by atoms with Gasteiger partial charge in [0.05, 0.1) is 6.42 Å². The van der Waals surface area contributed by atoms with Crippen LogP contribution < -0.4 is 11.3 Å². The molecule has 4 nitrogen and oxygen atoms in total. The summed E-state index contributed by atoms with van der Waals surface area (Å²) in [5.41, 5.74) is 2.41. The molecule has 0 fully saturated rings. The van der Waals surface area contributed by atoms with Gasteiger partial charge in [0.25, 0.3) is 0 Å². The van der Waals surface area contributed by atoms with Crippen molar-refractivity contribution >= 4 is 34.9 Å². The number of amides is 1. The highest BCUT2D eigenvalue weighted by Gasteiger charge is 2.13. The number of hydrogen-bond acceptors (Lipinski definition) is 3. The molecule has 1 rings (SSSR count). The van der Waals surface area contributed by atoms with Crippen LogP contribution in [0, 0.1) is 0 Å². The number of Topliss-reactive ketones (excluding diaryl/α,β-unsaturated/α-hetero) is 1. The number of ketones is 1. The summed E-state index contributed by atoms with van der Waals surface area (Å²) in [6.07, 6.45) is -0.260. The third-order valence-electron chi connectivity index (χ3n) is 1.95. The first-order valence-corrected chi connectivity index (χ1v) is 5.24. The van der Waals surface area contributed by atoms with Crippen LogP contribution in [0.5, 0.6) is 0 Å². The highest BCUT2D eigenvalue weighted by Crippen LogP contribution is 2.24. The number of nitrogens with two attached hydrogens (primary N) is 1. The zero-order valence-electron chi connectivity index (χ0n) is 8.30. The van der Waals surface area contributed by atoms with E-state index in [0.717, 1.165) is 0 Å². The summed E-state index contributed by atoms with van der Waals surface area (Å²) in [5.74, 6) is 4.04. The van der Waals surface area contributed by atoms with Gasteiger partial charge in [-0.1, -0.05) is 29.3 Å². The van der Waals surface area contributed by atoms with E-state index >= 15 is 0 Å². The molecule has 1 amide bonds. The van der Waals surface area contributed by atoms with Crippen LogP contribution in [-0.4, -0.2) is 11.7 Å². The lowest BCUT2D eigenvalue weighted by Crippen LogP contribution is -2.32. The predicted octanol–water partition coefficient (Wildman–Crippen LogP) is 1.48. The van der Waals surface area contributed by atoms with E-state index in [9.17, 15) is 9.59 Å². The van der Waals surface area contributed by atoms with Crippen LogP contribution in [0.4, 0.5) is 0 Å². The molecule has 0 unspecified atom stereocenters. The smallest absolute Gasteiger partial charge is 0.241 e. The molecule has 0 heterocycles. The monoisotopic (exact) mass is 260 g/mol. The largest absolute Gasteiger partial charge is 0.299 e. The fourth-order valence-corrected chi connectivity index (χ4v) is 1.72. The summed E-state index contributed by atoms with van der Waals surface area (Å²) in [6.45, 7) is 0. The van der Waals surface area contributed by atoms with Crippen molar-refractivity contribution in [2.45, 2.75) is 12.8 Å². The van der Waals surface area contributed by atoms with Gasteiger partial charge in [-0.15, -0.1) is 0 Å². The van der Waals surface area contributed by atoms with Crippen molar-refractivity contribution in [3.63, 3.8) is 0 Å². The van der Waals surface area contributed by atoms with Gasteiger partial charge < -0.3 is 0 Å². The second kappa shape index (κ2) is 5.84. The number of benzene rings is 1. The molecular weight excluding hydrogens is 251 g/mol. The Hall–Kier alpha value is -1.10. The number of halogens is 2. The van der Waals surface area contributed by atoms with Crippen molar-refractivity contribution < 1.29 is 9.59 Å². The van der Waals surface area contributed by atoms with Crippen molar-refractivity contribution in [2.24, 2.45) is 5.84 Å². The van der Waals surface area contributed by atoms with Gasteiger partial charge in [0.15, 0.2) is 0 Å². The Bertz CT molecular complexity index is 401. The van der Waals surface area contributed by atoms with Gasteiger partial charge in [-0.2, -0.15) is 0 Å². The van der Waals surface area contributed by atoms with Gasteiger partial charge in [0.1, 0.15) is 5.78 Å². The highest BCUT2D eigenvalue weighted by atomic mass is 35.5.